The topological polar surface area (TPSA) is 49.4 Å². The summed E-state index contributed by atoms with van der Waals surface area (Å²) in [5, 5.41) is 3.07. The van der Waals surface area contributed by atoms with E-state index in [0.29, 0.717) is 12.3 Å². The number of hydrogen-bond donors (Lipinski definition) is 1. The maximum atomic E-state index is 12.8. The smallest absolute Gasteiger partial charge is 0.226 e. The molecule has 0 aromatic heterocycles. The van der Waals surface area contributed by atoms with E-state index in [9.17, 15) is 9.59 Å². The van der Waals surface area contributed by atoms with Gasteiger partial charge in [-0.2, -0.15) is 0 Å². The lowest BCUT2D eigenvalue weighted by atomic mass is 9.90. The van der Waals surface area contributed by atoms with Gasteiger partial charge in [0.05, 0.1) is 17.9 Å². The molecular weight excluding hydrogens is 360 g/mol. The van der Waals surface area contributed by atoms with Crippen LogP contribution < -0.4 is 5.32 Å². The van der Waals surface area contributed by atoms with Crippen LogP contribution in [0, 0.1) is 17.8 Å². The minimum absolute atomic E-state index is 0.0127. The van der Waals surface area contributed by atoms with Crippen molar-refractivity contribution in [1.82, 2.24) is 10.2 Å². The van der Waals surface area contributed by atoms with Crippen LogP contribution in [0.1, 0.15) is 43.4 Å². The molecule has 1 N–H and O–H groups in total. The zero-order valence-electron chi connectivity index (χ0n) is 17.1. The van der Waals surface area contributed by atoms with E-state index in [-0.39, 0.29) is 29.7 Å². The number of rotatable bonds is 6. The second-order valence-corrected chi connectivity index (χ2v) is 8.55. The molecule has 29 heavy (non-hydrogen) atoms. The summed E-state index contributed by atoms with van der Waals surface area (Å²) in [6.07, 6.45) is 3.88. The number of hydrogen-bond acceptors (Lipinski definition) is 2. The lowest BCUT2D eigenvalue weighted by Crippen LogP contribution is -2.40. The summed E-state index contributed by atoms with van der Waals surface area (Å²) < 4.78 is 0. The highest BCUT2D eigenvalue weighted by atomic mass is 16.2. The summed E-state index contributed by atoms with van der Waals surface area (Å²) in [4.78, 5) is 27.4. The maximum absolute atomic E-state index is 12.8. The average molecular weight is 391 g/mol. The number of carbonyl (C=O) groups is 2. The van der Waals surface area contributed by atoms with E-state index in [0.717, 1.165) is 37.9 Å². The molecule has 2 aromatic carbocycles. The molecule has 4 heteroatoms. The van der Waals surface area contributed by atoms with Crippen LogP contribution in [0.3, 0.4) is 0 Å². The minimum atomic E-state index is -0.157. The number of benzene rings is 2. The second kappa shape index (κ2) is 8.81. The van der Waals surface area contributed by atoms with Crippen molar-refractivity contribution in [1.29, 1.82) is 0 Å². The zero-order valence-corrected chi connectivity index (χ0v) is 17.1. The van der Waals surface area contributed by atoms with Gasteiger partial charge in [-0.15, -0.1) is 0 Å². The van der Waals surface area contributed by atoms with Crippen molar-refractivity contribution < 1.29 is 9.59 Å². The highest BCUT2D eigenvalue weighted by Gasteiger charge is 2.49. The van der Waals surface area contributed by atoms with Crippen molar-refractivity contribution in [3.63, 3.8) is 0 Å². The quantitative estimate of drug-likeness (QED) is 0.811. The van der Waals surface area contributed by atoms with E-state index in [4.69, 9.17) is 0 Å². The van der Waals surface area contributed by atoms with Gasteiger partial charge < -0.3 is 10.2 Å². The molecule has 0 bridgehead atoms. The molecule has 1 saturated heterocycles. The minimum Gasteiger partial charge on any atom is -0.349 e. The number of piperidine rings is 1. The highest BCUT2D eigenvalue weighted by molar-refractivity contribution is 5.92. The summed E-state index contributed by atoms with van der Waals surface area (Å²) in [7, 11) is 0. The second-order valence-electron chi connectivity index (χ2n) is 8.55. The Bertz CT molecular complexity index is 828. The van der Waals surface area contributed by atoms with E-state index in [1.54, 1.807) is 0 Å². The van der Waals surface area contributed by atoms with E-state index >= 15 is 0 Å². The Morgan fingerprint density at radius 3 is 2.24 bits per heavy atom. The predicted octanol–water partition coefficient (Wildman–Crippen LogP) is 3.98. The number of carbonyl (C=O) groups excluding carboxylic acids is 2. The molecular formula is C25H30N2O2. The van der Waals surface area contributed by atoms with E-state index in [1.165, 1.54) is 5.56 Å². The van der Waals surface area contributed by atoms with Crippen molar-refractivity contribution >= 4 is 11.8 Å². The molecule has 2 amide bonds. The Kier molecular flexibility index (Phi) is 5.98. The van der Waals surface area contributed by atoms with Gasteiger partial charge in [-0.1, -0.05) is 60.7 Å². The largest absolute Gasteiger partial charge is 0.349 e. The van der Waals surface area contributed by atoms with Crippen LogP contribution >= 0.6 is 0 Å². The van der Waals surface area contributed by atoms with E-state index in [2.05, 4.69) is 29.6 Å². The molecule has 2 aromatic rings. The van der Waals surface area contributed by atoms with Crippen LogP contribution in [-0.4, -0.2) is 29.8 Å². The van der Waals surface area contributed by atoms with Gasteiger partial charge in [-0.3, -0.25) is 9.59 Å². The standard InChI is InChI=1S/C25H30N2O2/c1-18(21-10-6-3-7-11-21)26-24(28)22-17-23(22)25(29)27-14-12-20(13-15-27)16-19-8-4-2-5-9-19/h2-11,18,20,22-23H,12-17H2,1H3,(H,26,28). The molecule has 4 rings (SSSR count). The summed E-state index contributed by atoms with van der Waals surface area (Å²) in [6.45, 7) is 3.63. The van der Waals surface area contributed by atoms with Crippen LogP contribution in [0.4, 0.5) is 0 Å². The normalized spacial score (nSPS) is 22.7. The molecule has 152 valence electrons. The Balaban J connectivity index is 1.22. The molecule has 4 nitrogen and oxygen atoms in total. The van der Waals surface area contributed by atoms with Crippen LogP contribution in [0.15, 0.2) is 60.7 Å². The fourth-order valence-electron chi connectivity index (χ4n) is 4.44. The fourth-order valence-corrected chi connectivity index (χ4v) is 4.44. The van der Waals surface area contributed by atoms with E-state index < -0.39 is 0 Å². The van der Waals surface area contributed by atoms with Crippen LogP contribution in [0.25, 0.3) is 0 Å². The summed E-state index contributed by atoms with van der Waals surface area (Å²) in [6, 6.07) is 20.5. The highest BCUT2D eigenvalue weighted by Crippen LogP contribution is 2.41. The van der Waals surface area contributed by atoms with Crippen molar-refractivity contribution in [2.75, 3.05) is 13.1 Å². The molecule has 3 atom stereocenters. The van der Waals surface area contributed by atoms with Gasteiger partial charge in [0.25, 0.3) is 0 Å². The first-order valence-electron chi connectivity index (χ1n) is 10.8. The van der Waals surface area contributed by atoms with E-state index in [1.807, 2.05) is 48.2 Å². The van der Waals surface area contributed by atoms with Gasteiger partial charge in [0, 0.05) is 13.1 Å². The Morgan fingerprint density at radius 2 is 1.59 bits per heavy atom. The lowest BCUT2D eigenvalue weighted by Gasteiger charge is -2.32. The van der Waals surface area contributed by atoms with Crippen molar-refractivity contribution in [2.24, 2.45) is 17.8 Å². The van der Waals surface area contributed by atoms with Gasteiger partial charge in [0.15, 0.2) is 0 Å². The number of nitrogens with zero attached hydrogens (tertiary/aromatic N) is 1. The Hall–Kier alpha value is -2.62. The predicted molar refractivity (Wildman–Crippen MR) is 114 cm³/mol. The summed E-state index contributed by atoms with van der Waals surface area (Å²) in [5.41, 5.74) is 2.47. The third-order valence-electron chi connectivity index (χ3n) is 6.40. The van der Waals surface area contributed by atoms with Gasteiger partial charge in [-0.05, 0) is 49.7 Å². The van der Waals surface area contributed by atoms with Gasteiger partial charge in [0.1, 0.15) is 0 Å². The van der Waals surface area contributed by atoms with Gasteiger partial charge in [0.2, 0.25) is 11.8 Å². The lowest BCUT2D eigenvalue weighted by molar-refractivity contribution is -0.136. The third-order valence-corrected chi connectivity index (χ3v) is 6.40. The number of amides is 2. The van der Waals surface area contributed by atoms with Gasteiger partial charge >= 0.3 is 0 Å². The number of likely N-dealkylation sites (tertiary alicyclic amines) is 1. The van der Waals surface area contributed by atoms with Crippen LogP contribution in [0.5, 0.6) is 0 Å². The number of nitrogens with one attached hydrogen (secondary N) is 1. The molecule has 1 aliphatic heterocycles. The first-order valence-corrected chi connectivity index (χ1v) is 10.8. The summed E-state index contributed by atoms with van der Waals surface area (Å²) >= 11 is 0. The first-order chi connectivity index (χ1) is 14.1. The molecule has 3 unspecified atom stereocenters. The molecule has 1 aliphatic carbocycles. The zero-order chi connectivity index (χ0) is 20.2. The fraction of sp³-hybridized carbons (Fsp3) is 0.440. The third kappa shape index (κ3) is 4.87. The Labute approximate surface area is 173 Å². The van der Waals surface area contributed by atoms with Crippen LogP contribution in [-0.2, 0) is 16.0 Å². The van der Waals surface area contributed by atoms with Crippen molar-refractivity contribution in [3.05, 3.63) is 71.8 Å². The SMILES string of the molecule is CC(NC(=O)C1CC1C(=O)N1CCC(Cc2ccccc2)CC1)c1ccccc1. The monoisotopic (exact) mass is 390 g/mol. The molecule has 2 fully saturated rings. The molecule has 0 radical (unpaired) electrons. The first kappa shape index (κ1) is 19.7. The molecule has 1 heterocycles. The van der Waals surface area contributed by atoms with Crippen molar-refractivity contribution in [3.8, 4) is 0 Å². The molecule has 1 saturated carbocycles. The average Bonchev–Trinajstić information content (AvgIpc) is 3.56. The van der Waals surface area contributed by atoms with Crippen LogP contribution in [0.2, 0.25) is 0 Å². The maximum Gasteiger partial charge on any atom is 0.226 e. The molecule has 0 spiro atoms. The van der Waals surface area contributed by atoms with Gasteiger partial charge in [-0.25, -0.2) is 0 Å². The molecule has 2 aliphatic rings. The van der Waals surface area contributed by atoms with Crippen molar-refractivity contribution in [2.45, 2.75) is 38.6 Å². The Morgan fingerprint density at radius 1 is 0.966 bits per heavy atom. The summed E-state index contributed by atoms with van der Waals surface area (Å²) in [5.74, 6) is 0.556.